The van der Waals surface area contributed by atoms with Crippen LogP contribution in [0.1, 0.15) is 0 Å². The summed E-state index contributed by atoms with van der Waals surface area (Å²) in [5.41, 5.74) is 12.7. The normalized spacial score (nSPS) is 13.0. The highest BCUT2D eigenvalue weighted by atomic mass is 28.3. The van der Waals surface area contributed by atoms with Gasteiger partial charge in [0.05, 0.1) is 11.4 Å². The van der Waals surface area contributed by atoms with E-state index < -0.39 is 8.07 Å². The third-order valence-electron chi connectivity index (χ3n) is 14.4. The predicted octanol–water partition coefficient (Wildman–Crippen LogP) is 16.7. The highest BCUT2D eigenvalue weighted by Gasteiger charge is 2.37. The van der Waals surface area contributed by atoms with Crippen molar-refractivity contribution in [1.82, 2.24) is 0 Å². The van der Waals surface area contributed by atoms with E-state index >= 15 is 0 Å². The zero-order valence-corrected chi connectivity index (χ0v) is 38.0. The summed E-state index contributed by atoms with van der Waals surface area (Å²) in [4.78, 5) is 4.79. The van der Waals surface area contributed by atoms with Crippen molar-refractivity contribution in [2.24, 2.45) is 0 Å². The molecule has 0 aliphatic carbocycles. The van der Waals surface area contributed by atoms with Gasteiger partial charge in [-0.25, -0.2) is 0 Å². The standard InChI is InChI=1S/C62H42N2O2Si/c1-67(2)59-30-16-25-49-52-38-55(64(40-19-7-4-8-20-40)41-31-33-47-45-23-11-13-28-56(45)65-58(47)35-41)44-22-10-9-21-43(44)51(52)37-53(61(49)59)48-34-32-42(36-60(48)67)63(39-17-5-3-6-18-39)54-27-15-26-50-46-24-12-14-29-57(46)66-62(50)54/h3-38H,1-2H3. The molecule has 0 saturated heterocycles. The molecule has 4 nitrogen and oxygen atoms in total. The van der Waals surface area contributed by atoms with E-state index in [9.17, 15) is 0 Å². The molecule has 3 heterocycles. The number of furan rings is 2. The van der Waals surface area contributed by atoms with Crippen molar-refractivity contribution < 1.29 is 8.83 Å². The van der Waals surface area contributed by atoms with Crippen LogP contribution in [-0.4, -0.2) is 8.07 Å². The molecular formula is C62H42N2O2Si. The van der Waals surface area contributed by atoms with E-state index in [0.29, 0.717) is 0 Å². The zero-order chi connectivity index (χ0) is 44.4. The maximum absolute atomic E-state index is 6.68. The molecule has 0 atom stereocenters. The molecule has 11 aromatic carbocycles. The van der Waals surface area contributed by atoms with Crippen molar-refractivity contribution in [3.63, 3.8) is 0 Å². The van der Waals surface area contributed by atoms with Crippen LogP contribution in [0.25, 0.3) is 87.3 Å². The van der Waals surface area contributed by atoms with Crippen molar-refractivity contribution in [2.75, 3.05) is 9.80 Å². The third kappa shape index (κ3) is 5.59. The summed E-state index contributed by atoms with van der Waals surface area (Å²) in [6, 6.07) is 79.4. The lowest BCUT2D eigenvalue weighted by Gasteiger charge is -2.36. The summed E-state index contributed by atoms with van der Waals surface area (Å²) in [7, 11) is -2.31. The molecule has 1 aliphatic heterocycles. The quantitative estimate of drug-likeness (QED) is 0.123. The topological polar surface area (TPSA) is 32.8 Å². The number of fused-ring (bicyclic) bond motifs is 12. The number of hydrogen-bond acceptors (Lipinski definition) is 4. The van der Waals surface area contributed by atoms with Crippen LogP contribution in [0.5, 0.6) is 0 Å². The molecule has 5 heteroatoms. The van der Waals surface area contributed by atoms with Gasteiger partial charge >= 0.3 is 0 Å². The van der Waals surface area contributed by atoms with Crippen LogP contribution in [0, 0.1) is 0 Å². The Bertz CT molecular complexity index is 4150. The van der Waals surface area contributed by atoms with Crippen molar-refractivity contribution in [1.29, 1.82) is 0 Å². The van der Waals surface area contributed by atoms with E-state index in [2.05, 4.69) is 229 Å². The first kappa shape index (κ1) is 37.9. The number of para-hydroxylation sites is 5. The van der Waals surface area contributed by atoms with Gasteiger partial charge in [0.15, 0.2) is 5.58 Å². The number of anilines is 6. The van der Waals surface area contributed by atoms with Crippen LogP contribution in [-0.2, 0) is 0 Å². The summed E-state index contributed by atoms with van der Waals surface area (Å²) < 4.78 is 13.2. The van der Waals surface area contributed by atoms with E-state index in [1.54, 1.807) is 0 Å². The lowest BCUT2D eigenvalue weighted by molar-refractivity contribution is 0.668. The zero-order valence-electron chi connectivity index (χ0n) is 37.0. The highest BCUT2D eigenvalue weighted by molar-refractivity contribution is 7.03. The van der Waals surface area contributed by atoms with Gasteiger partial charge in [0.1, 0.15) is 24.8 Å². The van der Waals surface area contributed by atoms with E-state index in [0.717, 1.165) is 78.0 Å². The van der Waals surface area contributed by atoms with E-state index in [1.807, 2.05) is 12.1 Å². The lowest BCUT2D eigenvalue weighted by Crippen LogP contribution is -2.56. The summed E-state index contributed by atoms with van der Waals surface area (Å²) in [5, 5.41) is 14.9. The minimum atomic E-state index is -2.31. The van der Waals surface area contributed by atoms with E-state index in [-0.39, 0.29) is 0 Å². The second kappa shape index (κ2) is 14.3. The van der Waals surface area contributed by atoms with Crippen LogP contribution in [0.15, 0.2) is 227 Å². The Balaban J connectivity index is 0.993. The van der Waals surface area contributed by atoms with Gasteiger partial charge in [0.25, 0.3) is 0 Å². The minimum Gasteiger partial charge on any atom is -0.456 e. The minimum absolute atomic E-state index is 0.874. The van der Waals surface area contributed by atoms with Gasteiger partial charge in [-0.3, -0.25) is 0 Å². The van der Waals surface area contributed by atoms with Crippen molar-refractivity contribution in [3.05, 3.63) is 218 Å². The average Bonchev–Trinajstić information content (AvgIpc) is 3.95. The molecule has 0 bridgehead atoms. The SMILES string of the molecule is C[Si]1(C)c2cc(N(c3ccccc3)c3cccc4c3oc3ccccc34)ccc2-c2cc3c4ccccc4c(N(c4ccccc4)c4ccc5c(c4)oc4ccccc45)cc3c3cccc1c23. The number of rotatable bonds is 6. The molecule has 14 rings (SSSR count). The molecule has 13 aromatic rings. The lowest BCUT2D eigenvalue weighted by atomic mass is 9.89. The molecule has 1 aliphatic rings. The smallest absolute Gasteiger partial charge is 0.159 e. The predicted molar refractivity (Wildman–Crippen MR) is 285 cm³/mol. The van der Waals surface area contributed by atoms with Gasteiger partial charge in [0, 0.05) is 55.7 Å². The monoisotopic (exact) mass is 874 g/mol. The fourth-order valence-electron chi connectivity index (χ4n) is 11.3. The number of benzene rings is 11. The number of hydrogen-bond donors (Lipinski definition) is 0. The molecule has 0 N–H and O–H groups in total. The Labute approximate surface area is 388 Å². The van der Waals surface area contributed by atoms with Gasteiger partial charge in [-0.05, 0) is 127 Å². The van der Waals surface area contributed by atoms with E-state index in [1.165, 1.54) is 53.8 Å². The van der Waals surface area contributed by atoms with Crippen molar-refractivity contribution >= 4 is 129 Å². The van der Waals surface area contributed by atoms with Gasteiger partial charge < -0.3 is 18.6 Å². The molecule has 0 saturated carbocycles. The van der Waals surface area contributed by atoms with Crippen LogP contribution >= 0.6 is 0 Å². The van der Waals surface area contributed by atoms with Crippen LogP contribution in [0.4, 0.5) is 34.1 Å². The van der Waals surface area contributed by atoms with Crippen molar-refractivity contribution in [2.45, 2.75) is 13.1 Å². The van der Waals surface area contributed by atoms with Gasteiger partial charge in [0.2, 0.25) is 0 Å². The Kier molecular flexibility index (Phi) is 8.10. The second-order valence-electron chi connectivity index (χ2n) is 18.4. The molecule has 316 valence electrons. The Morgan fingerprint density at radius 1 is 0.313 bits per heavy atom. The fourth-order valence-corrected chi connectivity index (χ4v) is 14.4. The first-order valence-corrected chi connectivity index (χ1v) is 26.1. The van der Waals surface area contributed by atoms with Crippen LogP contribution < -0.4 is 20.2 Å². The molecular weight excluding hydrogens is 833 g/mol. The number of nitrogens with zero attached hydrogens (tertiary/aromatic N) is 2. The fraction of sp³-hybridized carbons (Fsp3) is 0.0323. The van der Waals surface area contributed by atoms with Gasteiger partial charge in [-0.15, -0.1) is 0 Å². The summed E-state index contributed by atoms with van der Waals surface area (Å²) in [6.07, 6.45) is 0. The summed E-state index contributed by atoms with van der Waals surface area (Å²) in [6.45, 7) is 5.06. The van der Waals surface area contributed by atoms with Gasteiger partial charge in [-0.1, -0.05) is 147 Å². The van der Waals surface area contributed by atoms with Gasteiger partial charge in [-0.2, -0.15) is 0 Å². The molecule has 0 spiro atoms. The summed E-state index contributed by atoms with van der Waals surface area (Å²) in [5.74, 6) is 0. The average molecular weight is 875 g/mol. The maximum atomic E-state index is 6.68. The molecule has 67 heavy (non-hydrogen) atoms. The third-order valence-corrected chi connectivity index (χ3v) is 17.9. The van der Waals surface area contributed by atoms with Crippen LogP contribution in [0.2, 0.25) is 13.1 Å². The highest BCUT2D eigenvalue weighted by Crippen LogP contribution is 2.48. The van der Waals surface area contributed by atoms with Crippen LogP contribution in [0.3, 0.4) is 0 Å². The summed E-state index contributed by atoms with van der Waals surface area (Å²) >= 11 is 0. The molecule has 0 unspecified atom stereocenters. The molecule has 2 aromatic heterocycles. The molecule has 0 amide bonds. The first-order chi connectivity index (χ1) is 33.0. The Hall–Kier alpha value is -8.38. The molecule has 0 fully saturated rings. The molecule has 0 radical (unpaired) electrons. The first-order valence-electron chi connectivity index (χ1n) is 23.1. The second-order valence-corrected chi connectivity index (χ2v) is 22.7. The Morgan fingerprint density at radius 2 is 0.866 bits per heavy atom. The Morgan fingerprint density at radius 3 is 1.63 bits per heavy atom. The largest absolute Gasteiger partial charge is 0.456 e. The maximum Gasteiger partial charge on any atom is 0.159 e. The van der Waals surface area contributed by atoms with E-state index in [4.69, 9.17) is 8.83 Å². The van der Waals surface area contributed by atoms with Crippen molar-refractivity contribution in [3.8, 4) is 11.1 Å².